The summed E-state index contributed by atoms with van der Waals surface area (Å²) in [5.41, 5.74) is 0.273. The molecule has 1 atom stereocenters. The van der Waals surface area contributed by atoms with Crippen LogP contribution in [0.4, 0.5) is 5.69 Å². The van der Waals surface area contributed by atoms with Crippen LogP contribution in [0.15, 0.2) is 53.4 Å². The van der Waals surface area contributed by atoms with E-state index in [2.05, 4.69) is 16.7 Å². The van der Waals surface area contributed by atoms with Crippen molar-refractivity contribution in [3.8, 4) is 12.1 Å². The highest BCUT2D eigenvalue weighted by molar-refractivity contribution is 8.00. The van der Waals surface area contributed by atoms with E-state index in [-0.39, 0.29) is 17.2 Å². The molecule has 9 heteroatoms. The highest BCUT2D eigenvalue weighted by atomic mass is 32.2. The highest BCUT2D eigenvalue weighted by Gasteiger charge is 2.35. The molecule has 2 aromatic carbocycles. The van der Waals surface area contributed by atoms with Gasteiger partial charge in [0.2, 0.25) is 5.91 Å². The molecule has 1 unspecified atom stereocenters. The number of carbonyl (C=O) groups is 3. The van der Waals surface area contributed by atoms with Crippen LogP contribution >= 0.6 is 11.8 Å². The predicted molar refractivity (Wildman–Crippen MR) is 131 cm³/mol. The first-order valence-corrected chi connectivity index (χ1v) is 12.3. The molecule has 1 fully saturated rings. The van der Waals surface area contributed by atoms with E-state index >= 15 is 0 Å². The Morgan fingerprint density at radius 3 is 2.54 bits per heavy atom. The number of ether oxygens (including phenoxy) is 1. The van der Waals surface area contributed by atoms with Crippen LogP contribution in [0.1, 0.15) is 54.9 Å². The van der Waals surface area contributed by atoms with E-state index in [0.29, 0.717) is 29.0 Å². The number of esters is 1. The van der Waals surface area contributed by atoms with Gasteiger partial charge in [-0.3, -0.25) is 9.59 Å². The van der Waals surface area contributed by atoms with E-state index < -0.39 is 23.5 Å². The molecular formula is C26H26N4O4S. The second-order valence-corrected chi connectivity index (χ2v) is 9.33. The van der Waals surface area contributed by atoms with Gasteiger partial charge in [0.05, 0.1) is 29.0 Å². The lowest BCUT2D eigenvalue weighted by molar-refractivity contribution is -0.130. The number of rotatable bonds is 8. The molecule has 2 amide bonds. The molecule has 0 saturated heterocycles. The number of nitriles is 2. The third-order valence-electron chi connectivity index (χ3n) is 5.68. The van der Waals surface area contributed by atoms with Gasteiger partial charge in [-0.2, -0.15) is 10.5 Å². The zero-order valence-electron chi connectivity index (χ0n) is 19.4. The van der Waals surface area contributed by atoms with Crippen LogP contribution in [0.2, 0.25) is 0 Å². The minimum atomic E-state index is -1.08. The maximum absolute atomic E-state index is 12.8. The second-order valence-electron chi connectivity index (χ2n) is 8.32. The number of thioether (sulfide) groups is 1. The van der Waals surface area contributed by atoms with E-state index in [0.717, 1.165) is 31.0 Å². The SMILES string of the molecule is CC(OC(=O)c1ccccc1SCC(=O)Nc1cccc(C#N)c1)C(=O)NC1(C#N)CCCCC1. The maximum atomic E-state index is 12.8. The van der Waals surface area contributed by atoms with Crippen LogP contribution in [0.25, 0.3) is 0 Å². The normalized spacial score (nSPS) is 15.1. The Balaban J connectivity index is 1.58. The smallest absolute Gasteiger partial charge is 0.340 e. The third kappa shape index (κ3) is 7.08. The van der Waals surface area contributed by atoms with Gasteiger partial charge in [-0.05, 0) is 50.1 Å². The van der Waals surface area contributed by atoms with Gasteiger partial charge in [0.25, 0.3) is 5.91 Å². The van der Waals surface area contributed by atoms with Crippen LogP contribution in [-0.2, 0) is 14.3 Å². The van der Waals surface area contributed by atoms with Gasteiger partial charge in [0.15, 0.2) is 6.10 Å². The third-order valence-corrected chi connectivity index (χ3v) is 6.75. The van der Waals surface area contributed by atoms with Crippen molar-refractivity contribution >= 4 is 35.2 Å². The Morgan fingerprint density at radius 2 is 1.83 bits per heavy atom. The van der Waals surface area contributed by atoms with Crippen molar-refractivity contribution < 1.29 is 19.1 Å². The fourth-order valence-corrected chi connectivity index (χ4v) is 4.64. The quantitative estimate of drug-likeness (QED) is 0.419. The zero-order valence-corrected chi connectivity index (χ0v) is 20.2. The average Bonchev–Trinajstić information content (AvgIpc) is 2.88. The summed E-state index contributed by atoms with van der Waals surface area (Å²) in [4.78, 5) is 38.4. The molecule has 1 aliphatic rings. The molecule has 0 aliphatic heterocycles. The minimum absolute atomic E-state index is 0.0296. The Hall–Kier alpha value is -3.82. The van der Waals surface area contributed by atoms with Gasteiger partial charge >= 0.3 is 5.97 Å². The first kappa shape index (κ1) is 25.8. The first-order chi connectivity index (χ1) is 16.9. The summed E-state index contributed by atoms with van der Waals surface area (Å²) < 4.78 is 5.39. The summed E-state index contributed by atoms with van der Waals surface area (Å²) in [6.07, 6.45) is 2.84. The van der Waals surface area contributed by atoms with Gasteiger partial charge in [-0.25, -0.2) is 4.79 Å². The van der Waals surface area contributed by atoms with Crippen LogP contribution in [0.3, 0.4) is 0 Å². The molecular weight excluding hydrogens is 464 g/mol. The van der Waals surface area contributed by atoms with Gasteiger partial charge in [-0.15, -0.1) is 11.8 Å². The van der Waals surface area contributed by atoms with Crippen LogP contribution in [0.5, 0.6) is 0 Å². The number of benzene rings is 2. The molecule has 8 nitrogen and oxygen atoms in total. The molecule has 35 heavy (non-hydrogen) atoms. The lowest BCUT2D eigenvalue weighted by atomic mass is 9.83. The summed E-state index contributed by atoms with van der Waals surface area (Å²) in [6.45, 7) is 1.47. The molecule has 0 radical (unpaired) electrons. The van der Waals surface area contributed by atoms with Gasteiger partial charge in [0, 0.05) is 10.6 Å². The Morgan fingerprint density at radius 1 is 1.09 bits per heavy atom. The molecule has 0 bridgehead atoms. The Bertz CT molecular complexity index is 1180. The molecule has 0 heterocycles. The number of nitrogens with one attached hydrogen (secondary N) is 2. The number of nitrogens with zero attached hydrogens (tertiary/aromatic N) is 2. The monoisotopic (exact) mass is 490 g/mol. The minimum Gasteiger partial charge on any atom is -0.449 e. The molecule has 2 N–H and O–H groups in total. The summed E-state index contributed by atoms with van der Waals surface area (Å²) in [6, 6.07) is 17.5. The summed E-state index contributed by atoms with van der Waals surface area (Å²) in [5.74, 6) is -1.46. The van der Waals surface area contributed by atoms with E-state index in [4.69, 9.17) is 10.00 Å². The highest BCUT2D eigenvalue weighted by Crippen LogP contribution is 2.28. The van der Waals surface area contributed by atoms with Gasteiger partial charge in [0.1, 0.15) is 5.54 Å². The fourth-order valence-electron chi connectivity index (χ4n) is 3.80. The van der Waals surface area contributed by atoms with Crippen molar-refractivity contribution in [1.82, 2.24) is 5.32 Å². The number of amides is 2. The summed E-state index contributed by atoms with van der Waals surface area (Å²) >= 11 is 1.16. The maximum Gasteiger partial charge on any atom is 0.340 e. The number of anilines is 1. The van der Waals surface area contributed by atoms with E-state index in [1.54, 1.807) is 48.5 Å². The van der Waals surface area contributed by atoms with Crippen molar-refractivity contribution in [1.29, 1.82) is 10.5 Å². The molecule has 0 aromatic heterocycles. The lowest BCUT2D eigenvalue weighted by Gasteiger charge is -2.32. The first-order valence-electron chi connectivity index (χ1n) is 11.3. The van der Waals surface area contributed by atoms with Crippen molar-refractivity contribution in [2.45, 2.75) is 55.6 Å². The zero-order chi connectivity index (χ0) is 25.3. The van der Waals surface area contributed by atoms with Gasteiger partial charge < -0.3 is 15.4 Å². The van der Waals surface area contributed by atoms with Crippen molar-refractivity contribution in [3.63, 3.8) is 0 Å². The van der Waals surface area contributed by atoms with Gasteiger partial charge in [-0.1, -0.05) is 37.5 Å². The average molecular weight is 491 g/mol. The molecule has 0 spiro atoms. The topological polar surface area (TPSA) is 132 Å². The fraction of sp³-hybridized carbons (Fsp3) is 0.346. The van der Waals surface area contributed by atoms with E-state index in [9.17, 15) is 19.6 Å². The van der Waals surface area contributed by atoms with Crippen molar-refractivity contribution in [2.75, 3.05) is 11.1 Å². The van der Waals surface area contributed by atoms with Crippen LogP contribution < -0.4 is 10.6 Å². The predicted octanol–water partition coefficient (Wildman–Crippen LogP) is 4.18. The Kier molecular flexibility index (Phi) is 8.88. The largest absolute Gasteiger partial charge is 0.449 e. The summed E-state index contributed by atoms with van der Waals surface area (Å²) in [5, 5.41) is 24.0. The molecule has 1 aliphatic carbocycles. The van der Waals surface area contributed by atoms with Crippen molar-refractivity contribution in [2.24, 2.45) is 0 Å². The molecule has 3 rings (SSSR count). The molecule has 1 saturated carbocycles. The van der Waals surface area contributed by atoms with E-state index in [1.807, 2.05) is 6.07 Å². The van der Waals surface area contributed by atoms with Crippen LogP contribution in [0, 0.1) is 22.7 Å². The standard InChI is InChI=1S/C26H26N4O4S/c1-18(24(32)30-26(17-28)12-5-2-6-13-26)34-25(33)21-10-3-4-11-22(21)35-16-23(31)29-20-9-7-8-19(14-20)15-27/h3-4,7-11,14,18H,2,5-6,12-13,16H2,1H3,(H,29,31)(H,30,32). The van der Waals surface area contributed by atoms with Crippen molar-refractivity contribution in [3.05, 3.63) is 59.7 Å². The van der Waals surface area contributed by atoms with Crippen LogP contribution in [-0.4, -0.2) is 35.2 Å². The number of hydrogen-bond donors (Lipinski definition) is 2. The number of hydrogen-bond acceptors (Lipinski definition) is 7. The lowest BCUT2D eigenvalue weighted by Crippen LogP contribution is -2.52. The van der Waals surface area contributed by atoms with E-state index in [1.165, 1.54) is 6.92 Å². The second kappa shape index (κ2) is 12.0. The Labute approximate surface area is 208 Å². The molecule has 2 aromatic rings. The summed E-state index contributed by atoms with van der Waals surface area (Å²) in [7, 11) is 0. The number of carbonyl (C=O) groups excluding carboxylic acids is 3. The molecule has 180 valence electrons.